The van der Waals surface area contributed by atoms with Crippen LogP contribution in [0.2, 0.25) is 0 Å². The summed E-state index contributed by atoms with van der Waals surface area (Å²) < 4.78 is 10.7. The van der Waals surface area contributed by atoms with Crippen LogP contribution in [-0.4, -0.2) is 22.7 Å². The van der Waals surface area contributed by atoms with Crippen molar-refractivity contribution >= 4 is 12.4 Å². The van der Waals surface area contributed by atoms with E-state index in [2.05, 4.69) is 17.3 Å². The lowest BCUT2D eigenvalue weighted by atomic mass is 9.83. The van der Waals surface area contributed by atoms with E-state index >= 15 is 0 Å². The Labute approximate surface area is 167 Å². The lowest BCUT2D eigenvalue weighted by Crippen LogP contribution is -2.13. The van der Waals surface area contributed by atoms with Crippen molar-refractivity contribution in [3.8, 4) is 22.5 Å². The molecule has 0 amide bonds. The third-order valence-electron chi connectivity index (χ3n) is 6.01. The molecule has 0 saturated heterocycles. The molecule has 1 fully saturated rings. The number of nitrogens with zero attached hydrogens (tertiary/aromatic N) is 1. The summed E-state index contributed by atoms with van der Waals surface area (Å²) in [5.74, 6) is -0.749. The molecule has 2 aliphatic rings. The molecule has 0 bridgehead atoms. The Morgan fingerprint density at radius 2 is 1.83 bits per heavy atom. The van der Waals surface area contributed by atoms with Gasteiger partial charge in [0, 0.05) is 5.56 Å². The predicted octanol–water partition coefficient (Wildman–Crippen LogP) is 4.28. The van der Waals surface area contributed by atoms with E-state index in [9.17, 15) is 14.7 Å². The van der Waals surface area contributed by atoms with Gasteiger partial charge in [0.25, 0.3) is 6.47 Å². The molecule has 1 saturated carbocycles. The third-order valence-corrected chi connectivity index (χ3v) is 6.01. The average molecular weight is 389 g/mol. The van der Waals surface area contributed by atoms with Crippen LogP contribution < -0.4 is 0 Å². The SMILES string of the molecule is Cc1noc(-c2ccc3c(c2)CCc2cc(C4(OC=O)CC4)ccc2-3)c1C(=O)O. The van der Waals surface area contributed by atoms with E-state index in [0.29, 0.717) is 17.9 Å². The fraction of sp³-hybridized carbons (Fsp3) is 0.261. The highest BCUT2D eigenvalue weighted by atomic mass is 16.5. The number of benzene rings is 2. The van der Waals surface area contributed by atoms with Crippen LogP contribution >= 0.6 is 0 Å². The van der Waals surface area contributed by atoms with Gasteiger partial charge < -0.3 is 14.4 Å². The summed E-state index contributed by atoms with van der Waals surface area (Å²) in [7, 11) is 0. The highest BCUT2D eigenvalue weighted by molar-refractivity contribution is 5.95. The van der Waals surface area contributed by atoms with Gasteiger partial charge in [-0.3, -0.25) is 4.79 Å². The maximum Gasteiger partial charge on any atom is 0.341 e. The summed E-state index contributed by atoms with van der Waals surface area (Å²) in [6, 6.07) is 12.2. The highest BCUT2D eigenvalue weighted by Gasteiger charge is 2.47. The molecule has 6 heteroatoms. The molecule has 29 heavy (non-hydrogen) atoms. The molecule has 0 unspecified atom stereocenters. The van der Waals surface area contributed by atoms with Gasteiger partial charge >= 0.3 is 5.97 Å². The quantitative estimate of drug-likeness (QED) is 0.655. The standard InChI is InChI=1S/C23H19NO5/c1-13-20(22(26)27)21(29-24-13)16-4-6-18-14(10-16)2-3-15-11-17(5-7-19(15)18)23(8-9-23)28-12-25/h4-7,10-12H,2-3,8-9H2,1H3,(H,26,27). The molecule has 146 valence electrons. The Bertz CT molecular complexity index is 1160. The minimum atomic E-state index is -1.04. The molecule has 0 radical (unpaired) electrons. The Hall–Kier alpha value is -3.41. The molecule has 1 heterocycles. The minimum absolute atomic E-state index is 0.107. The fourth-order valence-electron chi connectivity index (χ4n) is 4.32. The number of hydrogen-bond acceptors (Lipinski definition) is 5. The van der Waals surface area contributed by atoms with Crippen LogP contribution in [0.25, 0.3) is 22.5 Å². The number of aryl methyl sites for hydroxylation is 3. The number of carbonyl (C=O) groups is 2. The fourth-order valence-corrected chi connectivity index (χ4v) is 4.32. The van der Waals surface area contributed by atoms with Crippen LogP contribution in [0.3, 0.4) is 0 Å². The van der Waals surface area contributed by atoms with E-state index in [0.717, 1.165) is 53.5 Å². The first-order chi connectivity index (χ1) is 14.0. The second-order valence-corrected chi connectivity index (χ2v) is 7.73. The molecule has 6 nitrogen and oxygen atoms in total. The first-order valence-electron chi connectivity index (χ1n) is 9.60. The van der Waals surface area contributed by atoms with Crippen molar-refractivity contribution in [2.24, 2.45) is 0 Å². The summed E-state index contributed by atoms with van der Waals surface area (Å²) in [5.41, 5.74) is 6.52. The molecule has 2 aliphatic carbocycles. The summed E-state index contributed by atoms with van der Waals surface area (Å²) in [6.07, 6.45) is 3.45. The topological polar surface area (TPSA) is 89.6 Å². The molecule has 3 aromatic rings. The monoisotopic (exact) mass is 389 g/mol. The van der Waals surface area contributed by atoms with Crippen LogP contribution in [0.5, 0.6) is 0 Å². The van der Waals surface area contributed by atoms with E-state index in [1.54, 1.807) is 6.92 Å². The lowest BCUT2D eigenvalue weighted by Gasteiger charge is -2.23. The van der Waals surface area contributed by atoms with E-state index in [4.69, 9.17) is 9.26 Å². The molecule has 1 N–H and O–H groups in total. The van der Waals surface area contributed by atoms with Gasteiger partial charge in [0.05, 0.1) is 5.69 Å². The number of ether oxygens (including phenoxy) is 1. The van der Waals surface area contributed by atoms with Crippen molar-refractivity contribution in [1.82, 2.24) is 5.16 Å². The molecular formula is C23H19NO5. The Kier molecular flexibility index (Phi) is 3.84. The molecule has 0 aliphatic heterocycles. The molecule has 0 atom stereocenters. The molecule has 0 spiro atoms. The van der Waals surface area contributed by atoms with Crippen molar-refractivity contribution in [3.05, 3.63) is 64.3 Å². The smallest absolute Gasteiger partial charge is 0.341 e. The molecule has 2 aromatic carbocycles. The maximum atomic E-state index is 11.6. The molecular weight excluding hydrogens is 370 g/mol. The first kappa shape index (κ1) is 17.7. The summed E-state index contributed by atoms with van der Waals surface area (Å²) in [4.78, 5) is 22.4. The van der Waals surface area contributed by atoms with Gasteiger partial charge in [-0.2, -0.15) is 0 Å². The van der Waals surface area contributed by atoms with Crippen LogP contribution in [0.4, 0.5) is 0 Å². The van der Waals surface area contributed by atoms with E-state index < -0.39 is 11.6 Å². The van der Waals surface area contributed by atoms with E-state index in [1.807, 2.05) is 24.3 Å². The minimum Gasteiger partial charge on any atom is -0.477 e. The van der Waals surface area contributed by atoms with Gasteiger partial charge in [-0.1, -0.05) is 35.5 Å². The average Bonchev–Trinajstić information content (AvgIpc) is 3.40. The Balaban J connectivity index is 1.54. The zero-order valence-corrected chi connectivity index (χ0v) is 15.9. The van der Waals surface area contributed by atoms with E-state index in [1.165, 1.54) is 5.56 Å². The molecule has 5 rings (SSSR count). The third kappa shape index (κ3) is 2.75. The Morgan fingerprint density at radius 1 is 1.14 bits per heavy atom. The largest absolute Gasteiger partial charge is 0.477 e. The highest BCUT2D eigenvalue weighted by Crippen LogP contribution is 2.50. The zero-order chi connectivity index (χ0) is 20.2. The van der Waals surface area contributed by atoms with Gasteiger partial charge in [0.1, 0.15) is 11.2 Å². The number of rotatable bonds is 5. The number of carboxylic acid groups (broad SMARTS) is 1. The lowest BCUT2D eigenvalue weighted by molar-refractivity contribution is -0.136. The van der Waals surface area contributed by atoms with Crippen molar-refractivity contribution in [1.29, 1.82) is 0 Å². The Morgan fingerprint density at radius 3 is 2.48 bits per heavy atom. The van der Waals surface area contributed by atoms with Gasteiger partial charge in [-0.15, -0.1) is 0 Å². The van der Waals surface area contributed by atoms with Crippen molar-refractivity contribution < 1.29 is 24.0 Å². The number of aromatic nitrogens is 1. The second kappa shape index (κ2) is 6.30. The number of carbonyl (C=O) groups excluding carboxylic acids is 1. The van der Waals surface area contributed by atoms with Crippen LogP contribution in [0.1, 0.15) is 45.6 Å². The maximum absolute atomic E-state index is 11.6. The number of aromatic carboxylic acids is 1. The molecule has 1 aromatic heterocycles. The van der Waals surface area contributed by atoms with Gasteiger partial charge in [0.2, 0.25) is 0 Å². The van der Waals surface area contributed by atoms with E-state index in [-0.39, 0.29) is 5.56 Å². The van der Waals surface area contributed by atoms with Crippen LogP contribution in [-0.2, 0) is 28.0 Å². The summed E-state index contributed by atoms with van der Waals surface area (Å²) in [6.45, 7) is 2.17. The first-order valence-corrected chi connectivity index (χ1v) is 9.60. The summed E-state index contributed by atoms with van der Waals surface area (Å²) in [5, 5.41) is 13.3. The van der Waals surface area contributed by atoms with Crippen LogP contribution in [0, 0.1) is 6.92 Å². The van der Waals surface area contributed by atoms with Crippen LogP contribution in [0.15, 0.2) is 40.9 Å². The number of hydrogen-bond donors (Lipinski definition) is 1. The van der Waals surface area contributed by atoms with Crippen molar-refractivity contribution in [3.63, 3.8) is 0 Å². The predicted molar refractivity (Wildman–Crippen MR) is 105 cm³/mol. The number of carboxylic acids is 1. The summed E-state index contributed by atoms with van der Waals surface area (Å²) >= 11 is 0. The van der Waals surface area contributed by atoms with Gasteiger partial charge in [-0.25, -0.2) is 4.79 Å². The van der Waals surface area contributed by atoms with Crippen molar-refractivity contribution in [2.75, 3.05) is 0 Å². The normalized spacial score (nSPS) is 15.9. The van der Waals surface area contributed by atoms with Gasteiger partial charge in [-0.05, 0) is 66.5 Å². The van der Waals surface area contributed by atoms with Gasteiger partial charge in [0.15, 0.2) is 5.76 Å². The van der Waals surface area contributed by atoms with Crippen molar-refractivity contribution in [2.45, 2.75) is 38.2 Å². The number of fused-ring (bicyclic) bond motifs is 3. The zero-order valence-electron chi connectivity index (χ0n) is 15.9. The second-order valence-electron chi connectivity index (χ2n) is 7.73.